The molecule has 2 amide bonds. The number of piperazine rings is 1. The molecule has 0 spiro atoms. The lowest BCUT2D eigenvalue weighted by Gasteiger charge is -2.32. The maximum atomic E-state index is 11.7. The van der Waals surface area contributed by atoms with E-state index in [4.69, 9.17) is 16.3 Å². The van der Waals surface area contributed by atoms with Crippen LogP contribution < -0.4 is 10.2 Å². The molecule has 108 valence electrons. The van der Waals surface area contributed by atoms with Crippen LogP contribution in [0.5, 0.6) is 0 Å². The van der Waals surface area contributed by atoms with E-state index in [0.29, 0.717) is 18.2 Å². The summed E-state index contributed by atoms with van der Waals surface area (Å²) in [6.45, 7) is 4.37. The van der Waals surface area contributed by atoms with Crippen molar-refractivity contribution in [1.29, 1.82) is 0 Å². The number of carbonyl (C=O) groups excluding carboxylic acids is 2. The Bertz CT molecular complexity index is 537. The molecule has 1 atom stereocenters. The fourth-order valence-electron chi connectivity index (χ4n) is 1.85. The van der Waals surface area contributed by atoms with Crippen molar-refractivity contribution >= 4 is 29.2 Å². The first-order chi connectivity index (χ1) is 9.51. The summed E-state index contributed by atoms with van der Waals surface area (Å²) in [5.41, 5.74) is 0. The van der Waals surface area contributed by atoms with Gasteiger partial charge in [-0.05, 0) is 13.8 Å². The maximum Gasteiger partial charge on any atom is 0.249 e. The van der Waals surface area contributed by atoms with Gasteiger partial charge in [0.1, 0.15) is 23.6 Å². The zero-order valence-corrected chi connectivity index (χ0v) is 12.0. The Morgan fingerprint density at radius 1 is 1.50 bits per heavy atom. The van der Waals surface area contributed by atoms with Crippen LogP contribution in [0.2, 0.25) is 5.15 Å². The molecular formula is C12H15ClN4O3. The zero-order chi connectivity index (χ0) is 14.7. The van der Waals surface area contributed by atoms with Crippen LogP contribution in [0.3, 0.4) is 0 Å². The topological polar surface area (TPSA) is 84.4 Å². The van der Waals surface area contributed by atoms with Crippen LogP contribution in [-0.4, -0.2) is 41.0 Å². The Morgan fingerprint density at radius 3 is 2.95 bits per heavy atom. The largest absolute Gasteiger partial charge is 0.374 e. The Balaban J connectivity index is 2.28. The van der Waals surface area contributed by atoms with Crippen molar-refractivity contribution in [3.63, 3.8) is 0 Å². The molecule has 0 aromatic carbocycles. The molecule has 1 aromatic rings. The highest BCUT2D eigenvalue weighted by atomic mass is 35.5. The van der Waals surface area contributed by atoms with E-state index in [9.17, 15) is 9.59 Å². The number of ether oxygens (including phenoxy) is 1. The van der Waals surface area contributed by atoms with Gasteiger partial charge in [-0.3, -0.25) is 14.9 Å². The van der Waals surface area contributed by atoms with Crippen LogP contribution in [0.15, 0.2) is 6.07 Å². The first-order valence-electron chi connectivity index (χ1n) is 6.22. The van der Waals surface area contributed by atoms with Crippen molar-refractivity contribution in [2.45, 2.75) is 26.5 Å². The molecule has 1 N–H and O–H groups in total. The predicted octanol–water partition coefficient (Wildman–Crippen LogP) is 0.518. The second-order valence-corrected chi connectivity index (χ2v) is 4.71. The number of nitrogens with one attached hydrogen (secondary N) is 1. The van der Waals surface area contributed by atoms with E-state index in [2.05, 4.69) is 15.3 Å². The number of anilines is 1. The summed E-state index contributed by atoms with van der Waals surface area (Å²) in [6.07, 6.45) is 0. The highest BCUT2D eigenvalue weighted by Gasteiger charge is 2.31. The maximum absolute atomic E-state index is 11.7. The predicted molar refractivity (Wildman–Crippen MR) is 72.3 cm³/mol. The van der Waals surface area contributed by atoms with E-state index in [0.717, 1.165) is 0 Å². The summed E-state index contributed by atoms with van der Waals surface area (Å²) >= 11 is 5.95. The Labute approximate surface area is 121 Å². The number of carbonyl (C=O) groups is 2. The lowest BCUT2D eigenvalue weighted by molar-refractivity contribution is -0.132. The molecule has 1 aromatic heterocycles. The van der Waals surface area contributed by atoms with Gasteiger partial charge in [0, 0.05) is 12.7 Å². The second-order valence-electron chi connectivity index (χ2n) is 4.32. The molecule has 2 rings (SSSR count). The number of imide groups is 1. The van der Waals surface area contributed by atoms with Gasteiger partial charge >= 0.3 is 0 Å². The fourth-order valence-corrected chi connectivity index (χ4v) is 2.05. The molecule has 1 aliphatic heterocycles. The summed E-state index contributed by atoms with van der Waals surface area (Å²) in [4.78, 5) is 33.0. The average molecular weight is 299 g/mol. The molecule has 0 bridgehead atoms. The van der Waals surface area contributed by atoms with Crippen molar-refractivity contribution < 1.29 is 14.3 Å². The molecule has 8 heteroatoms. The van der Waals surface area contributed by atoms with E-state index in [-0.39, 0.29) is 30.1 Å². The van der Waals surface area contributed by atoms with Crippen LogP contribution in [0.1, 0.15) is 19.7 Å². The number of nitrogens with zero attached hydrogens (tertiary/aromatic N) is 3. The normalized spacial score (nSPS) is 19.1. The van der Waals surface area contributed by atoms with Crippen LogP contribution >= 0.6 is 11.6 Å². The highest BCUT2D eigenvalue weighted by molar-refractivity contribution is 6.29. The summed E-state index contributed by atoms with van der Waals surface area (Å²) in [6, 6.07) is 1.03. The molecule has 7 nitrogen and oxygen atoms in total. The molecule has 1 fully saturated rings. The van der Waals surface area contributed by atoms with Crippen molar-refractivity contribution in [1.82, 2.24) is 15.3 Å². The average Bonchev–Trinajstić information content (AvgIpc) is 2.40. The van der Waals surface area contributed by atoms with Crippen molar-refractivity contribution in [2.75, 3.05) is 18.1 Å². The Morgan fingerprint density at radius 2 is 2.25 bits per heavy atom. The van der Waals surface area contributed by atoms with Gasteiger partial charge in [0.2, 0.25) is 11.8 Å². The van der Waals surface area contributed by atoms with Gasteiger partial charge in [0.25, 0.3) is 0 Å². The number of amides is 2. The summed E-state index contributed by atoms with van der Waals surface area (Å²) < 4.78 is 5.24. The van der Waals surface area contributed by atoms with Crippen LogP contribution in [0, 0.1) is 0 Å². The minimum Gasteiger partial charge on any atom is -0.374 e. The highest BCUT2D eigenvalue weighted by Crippen LogP contribution is 2.20. The van der Waals surface area contributed by atoms with Crippen molar-refractivity contribution in [3.8, 4) is 0 Å². The molecule has 0 radical (unpaired) electrons. The van der Waals surface area contributed by atoms with E-state index in [1.807, 2.05) is 6.92 Å². The Hall–Kier alpha value is -1.73. The van der Waals surface area contributed by atoms with Gasteiger partial charge in [-0.2, -0.15) is 0 Å². The van der Waals surface area contributed by atoms with E-state index >= 15 is 0 Å². The first-order valence-corrected chi connectivity index (χ1v) is 6.60. The Kier molecular flexibility index (Phi) is 4.51. The van der Waals surface area contributed by atoms with Gasteiger partial charge in [-0.25, -0.2) is 9.97 Å². The molecule has 1 unspecified atom stereocenters. The van der Waals surface area contributed by atoms with Crippen molar-refractivity contribution in [3.05, 3.63) is 17.0 Å². The SMILES string of the molecule is CCOCc1nc(Cl)cc(N2CC(=O)NC(=O)C2C)n1. The summed E-state index contributed by atoms with van der Waals surface area (Å²) in [5, 5.41) is 2.52. The molecule has 0 saturated carbocycles. The smallest absolute Gasteiger partial charge is 0.249 e. The zero-order valence-electron chi connectivity index (χ0n) is 11.2. The van der Waals surface area contributed by atoms with Gasteiger partial charge in [0.05, 0.1) is 6.54 Å². The quantitative estimate of drug-likeness (QED) is 0.644. The molecule has 1 aliphatic rings. The van der Waals surface area contributed by atoms with Crippen LogP contribution in [-0.2, 0) is 20.9 Å². The third kappa shape index (κ3) is 3.23. The monoisotopic (exact) mass is 298 g/mol. The van der Waals surface area contributed by atoms with Gasteiger partial charge in [-0.1, -0.05) is 11.6 Å². The first kappa shape index (κ1) is 14.7. The standard InChI is InChI=1S/C12H15ClN4O3/c1-3-20-6-9-14-8(13)4-10(15-9)17-5-11(18)16-12(19)7(17)2/h4,7H,3,5-6H2,1-2H3,(H,16,18,19). The number of halogens is 1. The number of hydrogen-bond donors (Lipinski definition) is 1. The van der Waals surface area contributed by atoms with Gasteiger partial charge in [-0.15, -0.1) is 0 Å². The number of hydrogen-bond acceptors (Lipinski definition) is 6. The van der Waals surface area contributed by atoms with E-state index < -0.39 is 6.04 Å². The van der Waals surface area contributed by atoms with Crippen LogP contribution in [0.4, 0.5) is 5.82 Å². The van der Waals surface area contributed by atoms with E-state index in [1.165, 1.54) is 6.07 Å². The fraction of sp³-hybridized carbons (Fsp3) is 0.500. The minimum atomic E-state index is -0.501. The number of aromatic nitrogens is 2. The van der Waals surface area contributed by atoms with E-state index in [1.54, 1.807) is 11.8 Å². The number of rotatable bonds is 4. The molecule has 2 heterocycles. The summed E-state index contributed by atoms with van der Waals surface area (Å²) in [7, 11) is 0. The molecular weight excluding hydrogens is 284 g/mol. The summed E-state index contributed by atoms with van der Waals surface area (Å²) in [5.74, 6) is 0.131. The molecule has 20 heavy (non-hydrogen) atoms. The third-order valence-electron chi connectivity index (χ3n) is 2.88. The lowest BCUT2D eigenvalue weighted by atomic mass is 10.2. The van der Waals surface area contributed by atoms with Crippen molar-refractivity contribution in [2.24, 2.45) is 0 Å². The molecule has 0 aliphatic carbocycles. The third-order valence-corrected chi connectivity index (χ3v) is 3.07. The van der Waals surface area contributed by atoms with Gasteiger partial charge < -0.3 is 9.64 Å². The second kappa shape index (κ2) is 6.15. The lowest BCUT2D eigenvalue weighted by Crippen LogP contribution is -2.57. The molecule has 1 saturated heterocycles. The van der Waals surface area contributed by atoms with Crippen LogP contribution in [0.25, 0.3) is 0 Å². The van der Waals surface area contributed by atoms with Gasteiger partial charge in [0.15, 0.2) is 5.82 Å². The minimum absolute atomic E-state index is 0.0499.